The number of carbonyl (C=O) groups is 2. The maximum atomic E-state index is 12.9. The summed E-state index contributed by atoms with van der Waals surface area (Å²) in [6.45, 7) is 19.4. The largest absolute Gasteiger partial charge is 0.463 e. The second kappa shape index (κ2) is 19.1. The van der Waals surface area contributed by atoms with Gasteiger partial charge in [-0.15, -0.1) is 0 Å². The Hall–Kier alpha value is -3.44. The molecule has 55 heavy (non-hydrogen) atoms. The molecule has 1 saturated carbocycles. The van der Waals surface area contributed by atoms with Crippen LogP contribution in [0.15, 0.2) is 59.3 Å². The van der Waals surface area contributed by atoms with Gasteiger partial charge in [0.25, 0.3) is 0 Å². The fourth-order valence-corrected chi connectivity index (χ4v) is 9.10. The summed E-state index contributed by atoms with van der Waals surface area (Å²) >= 11 is 4.02. The van der Waals surface area contributed by atoms with E-state index in [1.165, 1.54) is 6.92 Å². The Morgan fingerprint density at radius 1 is 0.891 bits per heavy atom. The van der Waals surface area contributed by atoms with E-state index in [1.54, 1.807) is 6.92 Å². The number of pyridine rings is 1. The summed E-state index contributed by atoms with van der Waals surface area (Å²) in [7, 11) is -2.62. The van der Waals surface area contributed by atoms with E-state index < -0.39 is 34.2 Å². The van der Waals surface area contributed by atoms with Crippen LogP contribution in [0.4, 0.5) is 5.82 Å². The second-order valence-electron chi connectivity index (χ2n) is 16.9. The van der Waals surface area contributed by atoms with Gasteiger partial charge in [0, 0.05) is 71.0 Å². The molecule has 3 heterocycles. The Balaban J connectivity index is 1.54. The van der Waals surface area contributed by atoms with E-state index in [4.69, 9.17) is 34.0 Å². The Morgan fingerprint density at radius 2 is 1.53 bits per heavy atom. The number of carbonyl (C=O) groups excluding carboxylic acids is 2. The molecule has 0 saturated heterocycles. The lowest BCUT2D eigenvalue weighted by atomic mass is 9.78. The summed E-state index contributed by atoms with van der Waals surface area (Å²) in [6, 6.07) is 16.3. The van der Waals surface area contributed by atoms with Gasteiger partial charge >= 0.3 is 11.9 Å². The van der Waals surface area contributed by atoms with Crippen LogP contribution in [0, 0.1) is 5.92 Å². The SMILES string of the molecule is CCOC(=O)C(OC(C)=O)[C@H]1CC[C@@H](c2nc3c(-c4ccc(-c5ccccc5)nc4)cnn3c(N(COCC[Si](C)(C)C)COCC[Si](C)(C)C)c2Br)CC1. The molecule has 0 spiro atoms. The van der Waals surface area contributed by atoms with Crippen molar-refractivity contribution in [3.05, 3.63) is 65.0 Å². The van der Waals surface area contributed by atoms with E-state index in [0.717, 1.165) is 63.3 Å². The van der Waals surface area contributed by atoms with Crippen LogP contribution in [0.1, 0.15) is 51.1 Å². The van der Waals surface area contributed by atoms with Crippen LogP contribution in [0.5, 0.6) is 0 Å². The summed E-state index contributed by atoms with van der Waals surface area (Å²) in [6.07, 6.45) is 5.68. The third kappa shape index (κ3) is 11.8. The fourth-order valence-electron chi connectivity index (χ4n) is 6.76. The van der Waals surface area contributed by atoms with Crippen molar-refractivity contribution in [3.8, 4) is 22.4 Å². The van der Waals surface area contributed by atoms with Gasteiger partial charge in [0.05, 0.1) is 28.7 Å². The van der Waals surface area contributed by atoms with E-state index in [2.05, 4.69) is 78.3 Å². The lowest BCUT2D eigenvalue weighted by Gasteiger charge is -2.33. The summed E-state index contributed by atoms with van der Waals surface area (Å²) in [5, 5.41) is 4.94. The van der Waals surface area contributed by atoms with Crippen molar-refractivity contribution in [1.29, 1.82) is 0 Å². The molecule has 1 aliphatic rings. The fraction of sp³-hybridized carbons (Fsp3) is 0.537. The van der Waals surface area contributed by atoms with Crippen LogP contribution in [0.2, 0.25) is 51.4 Å². The lowest BCUT2D eigenvalue weighted by Crippen LogP contribution is -2.37. The minimum atomic E-state index is -1.31. The number of esters is 2. The molecule has 3 aromatic heterocycles. The smallest absolute Gasteiger partial charge is 0.347 e. The zero-order valence-electron chi connectivity index (χ0n) is 33.8. The van der Waals surface area contributed by atoms with Crippen molar-refractivity contribution in [2.45, 2.75) is 103 Å². The number of hydrogen-bond acceptors (Lipinski definition) is 10. The molecule has 0 aliphatic heterocycles. The molecule has 0 N–H and O–H groups in total. The van der Waals surface area contributed by atoms with Gasteiger partial charge in [-0.3, -0.25) is 9.78 Å². The van der Waals surface area contributed by atoms with Crippen LogP contribution in [0.3, 0.4) is 0 Å². The van der Waals surface area contributed by atoms with E-state index >= 15 is 0 Å². The van der Waals surface area contributed by atoms with Gasteiger partial charge in [-0.25, -0.2) is 9.78 Å². The lowest BCUT2D eigenvalue weighted by molar-refractivity contribution is -0.171. The van der Waals surface area contributed by atoms with Crippen molar-refractivity contribution in [2.75, 3.05) is 38.2 Å². The molecule has 0 amide bonds. The highest BCUT2D eigenvalue weighted by Gasteiger charge is 2.37. The van der Waals surface area contributed by atoms with Gasteiger partial charge in [-0.2, -0.15) is 9.61 Å². The van der Waals surface area contributed by atoms with Crippen molar-refractivity contribution in [2.24, 2.45) is 5.92 Å². The van der Waals surface area contributed by atoms with E-state index in [1.807, 2.05) is 41.2 Å². The minimum Gasteiger partial charge on any atom is -0.463 e. The van der Waals surface area contributed by atoms with E-state index in [9.17, 15) is 9.59 Å². The van der Waals surface area contributed by atoms with Gasteiger partial charge in [-0.1, -0.05) is 75.7 Å². The summed E-state index contributed by atoms with van der Waals surface area (Å²) in [5.41, 5.74) is 5.34. The van der Waals surface area contributed by atoms with Gasteiger partial charge in [-0.05, 0) is 66.7 Å². The third-order valence-corrected chi connectivity index (χ3v) is 14.1. The van der Waals surface area contributed by atoms with Gasteiger partial charge in [0.15, 0.2) is 11.5 Å². The van der Waals surface area contributed by atoms with E-state index in [0.29, 0.717) is 45.2 Å². The second-order valence-corrected chi connectivity index (χ2v) is 28.9. The number of aromatic nitrogens is 4. The normalized spacial score (nSPS) is 16.9. The quantitative estimate of drug-likeness (QED) is 0.0415. The zero-order chi connectivity index (χ0) is 39.8. The predicted molar refractivity (Wildman–Crippen MR) is 227 cm³/mol. The summed E-state index contributed by atoms with van der Waals surface area (Å²) < 4.78 is 26.3. The molecule has 0 bridgehead atoms. The number of rotatable bonds is 18. The van der Waals surface area contributed by atoms with Crippen molar-refractivity contribution < 1.29 is 28.5 Å². The number of ether oxygens (including phenoxy) is 4. The molecule has 11 nitrogen and oxygen atoms in total. The molecule has 4 aromatic rings. The molecular formula is C41H58BrN5O6Si2. The highest BCUT2D eigenvalue weighted by atomic mass is 79.9. The van der Waals surface area contributed by atoms with E-state index in [-0.39, 0.29) is 18.4 Å². The Morgan fingerprint density at radius 3 is 2.07 bits per heavy atom. The number of nitrogens with zero attached hydrogens (tertiary/aromatic N) is 5. The molecule has 0 radical (unpaired) electrons. The van der Waals surface area contributed by atoms with Crippen LogP contribution in [-0.2, 0) is 28.5 Å². The topological polar surface area (TPSA) is 117 Å². The average Bonchev–Trinajstić information content (AvgIpc) is 3.56. The van der Waals surface area contributed by atoms with Crippen LogP contribution in [0.25, 0.3) is 28.0 Å². The average molecular weight is 853 g/mol. The number of anilines is 1. The molecule has 1 fully saturated rings. The van der Waals surface area contributed by atoms with Crippen molar-refractivity contribution in [3.63, 3.8) is 0 Å². The molecule has 1 unspecified atom stereocenters. The van der Waals surface area contributed by atoms with Gasteiger partial charge in [0.1, 0.15) is 13.5 Å². The third-order valence-electron chi connectivity index (χ3n) is 9.92. The minimum absolute atomic E-state index is 0.0679. The van der Waals surface area contributed by atoms with Crippen molar-refractivity contribution >= 4 is 55.5 Å². The number of benzene rings is 1. The molecular weight excluding hydrogens is 795 g/mol. The molecule has 1 aromatic carbocycles. The number of fused-ring (bicyclic) bond motifs is 1. The first-order valence-corrected chi connectivity index (χ1v) is 27.7. The molecule has 14 heteroatoms. The summed E-state index contributed by atoms with van der Waals surface area (Å²) in [5.74, 6) is -0.236. The predicted octanol–water partition coefficient (Wildman–Crippen LogP) is 9.42. The molecule has 5 rings (SSSR count). The maximum Gasteiger partial charge on any atom is 0.347 e. The first kappa shape index (κ1) is 42.7. The molecule has 1 atom stereocenters. The Kier molecular flexibility index (Phi) is 14.9. The molecule has 298 valence electrons. The van der Waals surface area contributed by atoms with Crippen LogP contribution < -0.4 is 4.90 Å². The zero-order valence-corrected chi connectivity index (χ0v) is 37.4. The van der Waals surface area contributed by atoms with Crippen LogP contribution >= 0.6 is 15.9 Å². The first-order valence-electron chi connectivity index (χ1n) is 19.5. The van der Waals surface area contributed by atoms with Gasteiger partial charge in [0.2, 0.25) is 6.10 Å². The number of hydrogen-bond donors (Lipinski definition) is 0. The monoisotopic (exact) mass is 851 g/mol. The highest BCUT2D eigenvalue weighted by molar-refractivity contribution is 9.10. The Labute approximate surface area is 336 Å². The van der Waals surface area contributed by atoms with Crippen molar-refractivity contribution in [1.82, 2.24) is 19.6 Å². The Bertz CT molecular complexity index is 1850. The summed E-state index contributed by atoms with van der Waals surface area (Å²) in [4.78, 5) is 37.1. The molecule has 1 aliphatic carbocycles. The van der Waals surface area contributed by atoms with Crippen LogP contribution in [-0.4, -0.2) is 87.1 Å². The van der Waals surface area contributed by atoms with Gasteiger partial charge < -0.3 is 23.8 Å². The maximum absolute atomic E-state index is 12.9. The first-order chi connectivity index (χ1) is 26.1. The number of halogens is 1. The standard InChI is InChI=1S/C41H58BrN5O6Si2/c1-9-52-41(49)38(53-29(2)48)32-17-15-31(16-18-32)37-36(42)40(46(27-50-21-23-54(3,4)5)28-51-22-24-55(6,7)8)47-39(45-37)34(26-44-47)33-19-20-35(43-25-33)30-13-11-10-12-14-30/h10-14,19-20,25-26,31-32,38H,9,15-18,21-24,27-28H2,1-8H3/t31-,32+,38?. The highest BCUT2D eigenvalue weighted by Crippen LogP contribution is 2.43.